The van der Waals surface area contributed by atoms with Crippen molar-refractivity contribution in [1.29, 1.82) is 0 Å². The van der Waals surface area contributed by atoms with Gasteiger partial charge in [0.1, 0.15) is 0 Å². The van der Waals surface area contributed by atoms with E-state index in [1.54, 1.807) is 0 Å². The van der Waals surface area contributed by atoms with Gasteiger partial charge in [-0.2, -0.15) is 0 Å². The first-order valence-electron chi connectivity index (χ1n) is 2.62. The molecule has 0 N–H and O–H groups in total. The van der Waals surface area contributed by atoms with Gasteiger partial charge in [0.15, 0.2) is 0 Å². The lowest BCUT2D eigenvalue weighted by molar-refractivity contribution is 0.836. The second kappa shape index (κ2) is 5.64. The van der Waals surface area contributed by atoms with E-state index in [1.807, 2.05) is 6.08 Å². The number of alkyl halides is 2. The summed E-state index contributed by atoms with van der Waals surface area (Å²) in [7, 11) is 0. The van der Waals surface area contributed by atoms with E-state index in [-0.39, 0.29) is 5.38 Å². The summed E-state index contributed by atoms with van der Waals surface area (Å²) in [6, 6.07) is 0. The highest BCUT2D eigenvalue weighted by Crippen LogP contribution is 2.07. The lowest BCUT2D eigenvalue weighted by atomic mass is 10.2. The maximum Gasteiger partial charge on any atom is 0.0435 e. The van der Waals surface area contributed by atoms with Crippen molar-refractivity contribution in [2.75, 3.05) is 5.33 Å². The molecule has 48 valence electrons. The molecule has 0 amide bonds. The van der Waals surface area contributed by atoms with E-state index in [4.69, 9.17) is 11.6 Å². The van der Waals surface area contributed by atoms with Crippen molar-refractivity contribution in [2.24, 2.45) is 0 Å². The van der Waals surface area contributed by atoms with E-state index < -0.39 is 0 Å². The molecule has 0 aliphatic rings. The van der Waals surface area contributed by atoms with Gasteiger partial charge in [-0.3, -0.25) is 0 Å². The summed E-state index contributed by atoms with van der Waals surface area (Å²) in [5, 5.41) is 1.15. The van der Waals surface area contributed by atoms with Crippen molar-refractivity contribution < 1.29 is 0 Å². The summed E-state index contributed by atoms with van der Waals surface area (Å²) in [6.45, 7) is 3.59. The summed E-state index contributed by atoms with van der Waals surface area (Å²) >= 11 is 9.03. The fourth-order valence-corrected chi connectivity index (χ4v) is 0.826. The first-order chi connectivity index (χ1) is 3.81. The highest BCUT2D eigenvalue weighted by Gasteiger charge is 1.97. The highest BCUT2D eigenvalue weighted by atomic mass is 79.9. The van der Waals surface area contributed by atoms with E-state index >= 15 is 0 Å². The normalized spacial score (nSPS) is 13.2. The molecule has 0 heterocycles. The van der Waals surface area contributed by atoms with Gasteiger partial charge in [-0.15, -0.1) is 18.2 Å². The minimum Gasteiger partial charge on any atom is -0.122 e. The Kier molecular flexibility index (Phi) is 6.00. The van der Waals surface area contributed by atoms with E-state index in [0.29, 0.717) is 0 Å². The predicted molar refractivity (Wildman–Crippen MR) is 42.9 cm³/mol. The Hall–Kier alpha value is 0.510. The highest BCUT2D eigenvalue weighted by molar-refractivity contribution is 9.09. The molecule has 1 unspecified atom stereocenters. The van der Waals surface area contributed by atoms with Crippen molar-refractivity contribution >= 4 is 27.5 Å². The summed E-state index contributed by atoms with van der Waals surface area (Å²) in [6.07, 6.45) is 3.92. The van der Waals surface area contributed by atoms with Gasteiger partial charge in [0, 0.05) is 10.7 Å². The van der Waals surface area contributed by atoms with Crippen LogP contribution in [0.4, 0.5) is 0 Å². The van der Waals surface area contributed by atoms with E-state index in [9.17, 15) is 0 Å². The van der Waals surface area contributed by atoms with Crippen LogP contribution in [-0.2, 0) is 0 Å². The molecule has 0 rings (SSSR count). The van der Waals surface area contributed by atoms with E-state index in [0.717, 1.165) is 18.2 Å². The van der Waals surface area contributed by atoms with Gasteiger partial charge in [-0.25, -0.2) is 0 Å². The molecular formula is C6H10BrCl. The van der Waals surface area contributed by atoms with Gasteiger partial charge in [0.25, 0.3) is 0 Å². The van der Waals surface area contributed by atoms with Gasteiger partial charge >= 0.3 is 0 Å². The summed E-state index contributed by atoms with van der Waals surface area (Å²) < 4.78 is 0. The molecule has 0 fully saturated rings. The molecule has 0 bridgehead atoms. The molecule has 8 heavy (non-hydrogen) atoms. The number of halogens is 2. The van der Waals surface area contributed by atoms with Crippen LogP contribution in [0.3, 0.4) is 0 Å². The minimum absolute atomic E-state index is 0.271. The standard InChI is InChI=1S/C6H10BrCl/c1-2-3-4-6(8)5-7/h2,6H,1,3-5H2. The van der Waals surface area contributed by atoms with Crippen LogP contribution in [0, 0.1) is 0 Å². The molecule has 0 spiro atoms. The average Bonchev–Trinajstić information content (AvgIpc) is 1.83. The van der Waals surface area contributed by atoms with E-state index in [1.165, 1.54) is 0 Å². The van der Waals surface area contributed by atoms with Crippen LogP contribution in [0.15, 0.2) is 12.7 Å². The van der Waals surface area contributed by atoms with Crippen LogP contribution < -0.4 is 0 Å². The quantitative estimate of drug-likeness (QED) is 0.480. The topological polar surface area (TPSA) is 0 Å². The van der Waals surface area contributed by atoms with Crippen LogP contribution in [0.2, 0.25) is 0 Å². The first-order valence-corrected chi connectivity index (χ1v) is 4.18. The van der Waals surface area contributed by atoms with Crippen LogP contribution in [-0.4, -0.2) is 10.7 Å². The van der Waals surface area contributed by atoms with Crippen molar-refractivity contribution in [3.63, 3.8) is 0 Å². The minimum atomic E-state index is 0.271. The van der Waals surface area contributed by atoms with Crippen LogP contribution >= 0.6 is 27.5 Å². The zero-order valence-electron chi connectivity index (χ0n) is 4.74. The largest absolute Gasteiger partial charge is 0.122 e. The van der Waals surface area contributed by atoms with Crippen LogP contribution in [0.25, 0.3) is 0 Å². The molecule has 0 aliphatic carbocycles. The molecule has 0 aromatic heterocycles. The fourth-order valence-electron chi connectivity index (χ4n) is 0.376. The Labute approximate surface area is 64.0 Å². The van der Waals surface area contributed by atoms with Gasteiger partial charge in [0.05, 0.1) is 0 Å². The summed E-state index contributed by atoms with van der Waals surface area (Å²) in [4.78, 5) is 0. The third-order valence-electron chi connectivity index (χ3n) is 0.851. The van der Waals surface area contributed by atoms with E-state index in [2.05, 4.69) is 22.5 Å². The molecule has 0 nitrogen and oxygen atoms in total. The Bertz CT molecular complexity index is 63.5. The molecule has 1 atom stereocenters. The fraction of sp³-hybridized carbons (Fsp3) is 0.667. The molecule has 0 saturated heterocycles. The zero-order valence-corrected chi connectivity index (χ0v) is 7.08. The Balaban J connectivity index is 2.97. The Morgan fingerprint density at radius 1 is 1.75 bits per heavy atom. The number of hydrogen-bond donors (Lipinski definition) is 0. The smallest absolute Gasteiger partial charge is 0.0435 e. The maximum absolute atomic E-state index is 5.75. The van der Waals surface area contributed by atoms with Crippen molar-refractivity contribution in [3.05, 3.63) is 12.7 Å². The van der Waals surface area contributed by atoms with Gasteiger partial charge in [0.2, 0.25) is 0 Å². The SMILES string of the molecule is C=CCCC(Cl)CBr. The molecule has 0 saturated carbocycles. The molecule has 0 radical (unpaired) electrons. The third kappa shape index (κ3) is 4.66. The van der Waals surface area contributed by atoms with Gasteiger partial charge < -0.3 is 0 Å². The average molecular weight is 198 g/mol. The molecule has 0 aromatic rings. The lowest BCUT2D eigenvalue weighted by Gasteiger charge is -1.99. The predicted octanol–water partition coefficient (Wildman–Crippen LogP) is 2.95. The van der Waals surface area contributed by atoms with Crippen molar-refractivity contribution in [2.45, 2.75) is 18.2 Å². The zero-order chi connectivity index (χ0) is 6.41. The number of allylic oxidation sites excluding steroid dienone is 1. The third-order valence-corrected chi connectivity index (χ3v) is 2.38. The molecular weight excluding hydrogens is 187 g/mol. The maximum atomic E-state index is 5.75. The molecule has 0 aliphatic heterocycles. The Morgan fingerprint density at radius 2 is 2.38 bits per heavy atom. The molecule has 2 heteroatoms. The number of hydrogen-bond acceptors (Lipinski definition) is 0. The van der Waals surface area contributed by atoms with Gasteiger partial charge in [-0.05, 0) is 12.8 Å². The first kappa shape index (κ1) is 8.51. The lowest BCUT2D eigenvalue weighted by Crippen LogP contribution is -1.97. The second-order valence-corrected chi connectivity index (χ2v) is 2.88. The van der Waals surface area contributed by atoms with Crippen molar-refractivity contribution in [3.8, 4) is 0 Å². The van der Waals surface area contributed by atoms with Crippen LogP contribution in [0.1, 0.15) is 12.8 Å². The molecule has 0 aromatic carbocycles. The monoisotopic (exact) mass is 196 g/mol. The second-order valence-electron chi connectivity index (χ2n) is 1.62. The van der Waals surface area contributed by atoms with Crippen LogP contribution in [0.5, 0.6) is 0 Å². The Morgan fingerprint density at radius 3 is 2.75 bits per heavy atom. The van der Waals surface area contributed by atoms with Gasteiger partial charge in [-0.1, -0.05) is 22.0 Å². The summed E-state index contributed by atoms with van der Waals surface area (Å²) in [5.41, 5.74) is 0. The summed E-state index contributed by atoms with van der Waals surface area (Å²) in [5.74, 6) is 0. The van der Waals surface area contributed by atoms with Crippen molar-refractivity contribution in [1.82, 2.24) is 0 Å². The number of rotatable bonds is 4.